The number of nitrogens with one attached hydrogen (secondary N) is 2. The third-order valence-electron chi connectivity index (χ3n) is 4.31. The molecule has 0 fully saturated rings. The highest BCUT2D eigenvalue weighted by Gasteiger charge is 2.06. The summed E-state index contributed by atoms with van der Waals surface area (Å²) < 4.78 is 0. The fourth-order valence-electron chi connectivity index (χ4n) is 2.91. The van der Waals surface area contributed by atoms with Gasteiger partial charge in [0.15, 0.2) is 0 Å². The van der Waals surface area contributed by atoms with Crippen molar-refractivity contribution in [1.82, 2.24) is 10.6 Å². The number of rotatable bonds is 18. The van der Waals surface area contributed by atoms with Crippen LogP contribution >= 0.6 is 0 Å². The van der Waals surface area contributed by atoms with Crippen molar-refractivity contribution in [2.45, 2.75) is 96.9 Å². The Balaban J connectivity index is 3.43. The molecule has 1 atom stereocenters. The minimum Gasteiger partial charge on any atom is -0.330 e. The molecule has 0 radical (unpaired) electrons. The second kappa shape index (κ2) is 18.9. The van der Waals surface area contributed by atoms with E-state index in [4.69, 9.17) is 5.73 Å². The summed E-state index contributed by atoms with van der Waals surface area (Å²) in [5.74, 6) is 0. The Morgan fingerprint density at radius 2 is 1.41 bits per heavy atom. The van der Waals surface area contributed by atoms with Crippen molar-refractivity contribution in [3.05, 3.63) is 0 Å². The molecule has 134 valence electrons. The third-order valence-corrected chi connectivity index (χ3v) is 4.31. The van der Waals surface area contributed by atoms with Crippen LogP contribution in [0.4, 0.5) is 0 Å². The zero-order chi connectivity index (χ0) is 16.3. The lowest BCUT2D eigenvalue weighted by Gasteiger charge is -2.18. The van der Waals surface area contributed by atoms with E-state index in [1.54, 1.807) is 0 Å². The number of unbranched alkanes of at least 4 members (excludes halogenated alkanes) is 6. The van der Waals surface area contributed by atoms with Gasteiger partial charge in [-0.05, 0) is 58.3 Å². The molecule has 0 amide bonds. The first-order chi connectivity index (χ1) is 10.8. The van der Waals surface area contributed by atoms with E-state index in [0.717, 1.165) is 38.6 Å². The molecular weight excluding hydrogens is 270 g/mol. The van der Waals surface area contributed by atoms with Gasteiger partial charge < -0.3 is 16.4 Å². The normalized spacial score (nSPS) is 12.7. The molecule has 0 saturated heterocycles. The van der Waals surface area contributed by atoms with E-state index < -0.39 is 0 Å². The van der Waals surface area contributed by atoms with Gasteiger partial charge in [0, 0.05) is 6.04 Å². The standard InChI is InChI=1S/C19H43N3/c1-3-5-6-7-8-9-14-19(13-4-2)22-18-12-17-21-16-11-10-15-20/h19,21-22H,3-18,20H2,1-2H3. The lowest BCUT2D eigenvalue weighted by Crippen LogP contribution is -2.31. The number of hydrogen-bond acceptors (Lipinski definition) is 3. The lowest BCUT2D eigenvalue weighted by atomic mass is 10.0. The van der Waals surface area contributed by atoms with Gasteiger partial charge in [-0.2, -0.15) is 0 Å². The Labute approximate surface area is 140 Å². The molecule has 0 aliphatic heterocycles. The van der Waals surface area contributed by atoms with E-state index in [9.17, 15) is 0 Å². The summed E-state index contributed by atoms with van der Waals surface area (Å²) in [5, 5.41) is 7.27. The molecule has 4 N–H and O–H groups in total. The van der Waals surface area contributed by atoms with Crippen LogP contribution in [-0.4, -0.2) is 32.2 Å². The first-order valence-electron chi connectivity index (χ1n) is 9.99. The Kier molecular flexibility index (Phi) is 18.8. The van der Waals surface area contributed by atoms with Gasteiger partial charge in [-0.15, -0.1) is 0 Å². The average molecular weight is 314 g/mol. The van der Waals surface area contributed by atoms with Crippen LogP contribution in [0.15, 0.2) is 0 Å². The molecule has 0 aromatic rings. The second-order valence-corrected chi connectivity index (χ2v) is 6.60. The van der Waals surface area contributed by atoms with E-state index in [0.29, 0.717) is 0 Å². The van der Waals surface area contributed by atoms with Crippen LogP contribution < -0.4 is 16.4 Å². The van der Waals surface area contributed by atoms with Gasteiger partial charge in [0.2, 0.25) is 0 Å². The van der Waals surface area contributed by atoms with Gasteiger partial charge in [-0.25, -0.2) is 0 Å². The van der Waals surface area contributed by atoms with Crippen LogP contribution in [0.5, 0.6) is 0 Å². The van der Waals surface area contributed by atoms with Crippen molar-refractivity contribution in [3.8, 4) is 0 Å². The number of hydrogen-bond donors (Lipinski definition) is 3. The van der Waals surface area contributed by atoms with Crippen LogP contribution in [0, 0.1) is 0 Å². The van der Waals surface area contributed by atoms with Crippen molar-refractivity contribution >= 4 is 0 Å². The molecule has 0 aliphatic carbocycles. The summed E-state index contributed by atoms with van der Waals surface area (Å²) in [4.78, 5) is 0. The molecule has 3 nitrogen and oxygen atoms in total. The van der Waals surface area contributed by atoms with Crippen LogP contribution in [0.3, 0.4) is 0 Å². The SMILES string of the molecule is CCCCCCCCC(CCC)NCCCNCCCCN. The van der Waals surface area contributed by atoms with E-state index in [2.05, 4.69) is 24.5 Å². The number of nitrogens with two attached hydrogens (primary N) is 1. The van der Waals surface area contributed by atoms with Crippen molar-refractivity contribution < 1.29 is 0 Å². The molecule has 0 spiro atoms. The molecule has 0 rings (SSSR count). The van der Waals surface area contributed by atoms with Gasteiger partial charge in [-0.1, -0.05) is 58.8 Å². The molecule has 3 heteroatoms. The average Bonchev–Trinajstić information content (AvgIpc) is 2.53. The summed E-state index contributed by atoms with van der Waals surface area (Å²) in [6.45, 7) is 8.81. The zero-order valence-electron chi connectivity index (χ0n) is 15.5. The topological polar surface area (TPSA) is 50.1 Å². The van der Waals surface area contributed by atoms with Crippen molar-refractivity contribution in [2.24, 2.45) is 5.73 Å². The minimum atomic E-state index is 0.744. The van der Waals surface area contributed by atoms with Crippen molar-refractivity contribution in [2.75, 3.05) is 26.2 Å². The van der Waals surface area contributed by atoms with Crippen molar-refractivity contribution in [3.63, 3.8) is 0 Å². The van der Waals surface area contributed by atoms with E-state index in [1.165, 1.54) is 70.6 Å². The maximum Gasteiger partial charge on any atom is 0.00669 e. The van der Waals surface area contributed by atoms with Gasteiger partial charge in [0.05, 0.1) is 0 Å². The van der Waals surface area contributed by atoms with Gasteiger partial charge in [0.1, 0.15) is 0 Å². The molecule has 0 saturated carbocycles. The zero-order valence-corrected chi connectivity index (χ0v) is 15.5. The van der Waals surface area contributed by atoms with Crippen LogP contribution in [0.1, 0.15) is 90.9 Å². The lowest BCUT2D eigenvalue weighted by molar-refractivity contribution is 0.420. The summed E-state index contributed by atoms with van der Waals surface area (Å²) in [7, 11) is 0. The maximum atomic E-state index is 5.49. The van der Waals surface area contributed by atoms with Gasteiger partial charge in [0.25, 0.3) is 0 Å². The molecule has 0 bridgehead atoms. The molecule has 0 heterocycles. The summed E-state index contributed by atoms with van der Waals surface area (Å²) >= 11 is 0. The van der Waals surface area contributed by atoms with Gasteiger partial charge >= 0.3 is 0 Å². The molecule has 1 unspecified atom stereocenters. The van der Waals surface area contributed by atoms with Crippen LogP contribution in [0.25, 0.3) is 0 Å². The fraction of sp³-hybridized carbons (Fsp3) is 1.00. The molecule has 0 aromatic heterocycles. The first-order valence-corrected chi connectivity index (χ1v) is 9.99. The summed E-state index contributed by atoms with van der Waals surface area (Å²) in [5.41, 5.74) is 5.49. The first kappa shape index (κ1) is 21.9. The quantitative estimate of drug-likeness (QED) is 0.332. The largest absolute Gasteiger partial charge is 0.330 e. The molecule has 0 aromatic carbocycles. The second-order valence-electron chi connectivity index (χ2n) is 6.60. The van der Waals surface area contributed by atoms with E-state index >= 15 is 0 Å². The Morgan fingerprint density at radius 3 is 2.14 bits per heavy atom. The van der Waals surface area contributed by atoms with Crippen molar-refractivity contribution in [1.29, 1.82) is 0 Å². The fourth-order valence-corrected chi connectivity index (χ4v) is 2.91. The monoisotopic (exact) mass is 313 g/mol. The Hall–Kier alpha value is -0.120. The summed E-state index contributed by atoms with van der Waals surface area (Å²) in [6, 6.07) is 0.744. The maximum absolute atomic E-state index is 5.49. The van der Waals surface area contributed by atoms with E-state index in [1.807, 2.05) is 0 Å². The van der Waals surface area contributed by atoms with Crippen LogP contribution in [0.2, 0.25) is 0 Å². The van der Waals surface area contributed by atoms with E-state index in [-0.39, 0.29) is 0 Å². The summed E-state index contributed by atoms with van der Waals surface area (Å²) in [6.07, 6.45) is 16.0. The Morgan fingerprint density at radius 1 is 0.682 bits per heavy atom. The Bertz CT molecular complexity index is 197. The molecule has 0 aliphatic rings. The molecular formula is C19H43N3. The molecule has 22 heavy (non-hydrogen) atoms. The highest BCUT2D eigenvalue weighted by Crippen LogP contribution is 2.11. The smallest absolute Gasteiger partial charge is 0.00669 e. The highest BCUT2D eigenvalue weighted by molar-refractivity contribution is 4.67. The predicted octanol–water partition coefficient (Wildman–Crippen LogP) is 4.21. The minimum absolute atomic E-state index is 0.744. The van der Waals surface area contributed by atoms with Crippen LogP contribution in [-0.2, 0) is 0 Å². The third kappa shape index (κ3) is 16.3. The van der Waals surface area contributed by atoms with Gasteiger partial charge in [-0.3, -0.25) is 0 Å². The highest BCUT2D eigenvalue weighted by atomic mass is 14.9. The predicted molar refractivity (Wildman–Crippen MR) is 100 cm³/mol.